The van der Waals surface area contributed by atoms with Gasteiger partial charge in [-0.05, 0) is 12.2 Å². The van der Waals surface area contributed by atoms with Crippen LogP contribution in [0.5, 0.6) is 0 Å². The first-order valence-electron chi connectivity index (χ1n) is 3.33. The van der Waals surface area contributed by atoms with E-state index in [1.54, 1.807) is 0 Å². The van der Waals surface area contributed by atoms with Crippen LogP contribution in [0.3, 0.4) is 0 Å². The molecule has 0 saturated carbocycles. The van der Waals surface area contributed by atoms with Gasteiger partial charge >= 0.3 is 5.97 Å². The molecular weight excluding hydrogens is 194 g/mol. The van der Waals surface area contributed by atoms with E-state index in [2.05, 4.69) is 22.2 Å². The van der Waals surface area contributed by atoms with E-state index in [1.165, 1.54) is 0 Å². The van der Waals surface area contributed by atoms with E-state index in [0.29, 0.717) is 0 Å². The standard InChI is InChI=1S/C6H7N3O3S/c7-4-2(1-3(10)11)8-6(13)9-5(4)12/h1,7H2,(H,10,11)(H2,8,9,12,13). The first-order chi connectivity index (χ1) is 6.00. The topological polar surface area (TPSA) is 112 Å². The largest absolute Gasteiger partial charge is 0.481 e. The number of carbonyl (C=O) groups is 1. The first-order valence-corrected chi connectivity index (χ1v) is 3.74. The quantitative estimate of drug-likeness (QED) is 0.488. The summed E-state index contributed by atoms with van der Waals surface area (Å²) in [4.78, 5) is 26.0. The molecule has 0 aliphatic carbocycles. The molecule has 0 amide bonds. The highest BCUT2D eigenvalue weighted by atomic mass is 32.1. The van der Waals surface area contributed by atoms with Crippen LogP contribution in [-0.2, 0) is 11.2 Å². The Morgan fingerprint density at radius 2 is 2.15 bits per heavy atom. The predicted octanol–water partition coefficient (Wildman–Crippen LogP) is -0.358. The smallest absolute Gasteiger partial charge is 0.309 e. The Bertz CT molecular complexity index is 447. The second-order valence-corrected chi connectivity index (χ2v) is 2.78. The summed E-state index contributed by atoms with van der Waals surface area (Å²) in [5.74, 6) is -1.08. The van der Waals surface area contributed by atoms with Gasteiger partial charge in [0.1, 0.15) is 5.69 Å². The number of aromatic amines is 2. The van der Waals surface area contributed by atoms with Crippen molar-refractivity contribution in [3.05, 3.63) is 20.8 Å². The predicted molar refractivity (Wildman–Crippen MR) is 48.0 cm³/mol. The fourth-order valence-electron chi connectivity index (χ4n) is 0.834. The Kier molecular flexibility index (Phi) is 2.47. The lowest BCUT2D eigenvalue weighted by Gasteiger charge is -2.00. The molecule has 13 heavy (non-hydrogen) atoms. The second-order valence-electron chi connectivity index (χ2n) is 2.37. The molecule has 0 fully saturated rings. The minimum Gasteiger partial charge on any atom is -0.481 e. The minimum absolute atomic E-state index is 0.0652. The van der Waals surface area contributed by atoms with Gasteiger partial charge in [0.2, 0.25) is 0 Å². The van der Waals surface area contributed by atoms with Crippen molar-refractivity contribution in [2.75, 3.05) is 5.73 Å². The molecule has 1 heterocycles. The highest BCUT2D eigenvalue weighted by Gasteiger charge is 2.07. The van der Waals surface area contributed by atoms with Gasteiger partial charge in [-0.1, -0.05) is 0 Å². The third kappa shape index (κ3) is 2.15. The van der Waals surface area contributed by atoms with Crippen LogP contribution in [0.1, 0.15) is 5.69 Å². The molecule has 1 aromatic heterocycles. The Labute approximate surface area is 77.4 Å². The Hall–Kier alpha value is -1.63. The van der Waals surface area contributed by atoms with Crippen molar-refractivity contribution >= 4 is 23.9 Å². The van der Waals surface area contributed by atoms with Crippen molar-refractivity contribution in [2.45, 2.75) is 6.42 Å². The minimum atomic E-state index is -1.08. The van der Waals surface area contributed by atoms with Gasteiger partial charge in [0.25, 0.3) is 5.56 Å². The summed E-state index contributed by atoms with van der Waals surface area (Å²) in [7, 11) is 0. The molecule has 5 N–H and O–H groups in total. The molecule has 0 aliphatic rings. The van der Waals surface area contributed by atoms with Crippen LogP contribution in [-0.4, -0.2) is 21.0 Å². The summed E-state index contributed by atoms with van der Waals surface area (Å²) in [5, 5.41) is 8.45. The van der Waals surface area contributed by atoms with Crippen molar-refractivity contribution in [2.24, 2.45) is 0 Å². The molecule has 0 bridgehead atoms. The molecule has 0 aromatic carbocycles. The number of nitrogens with two attached hydrogens (primary N) is 1. The van der Waals surface area contributed by atoms with Crippen LogP contribution >= 0.6 is 12.2 Å². The molecule has 70 valence electrons. The van der Waals surface area contributed by atoms with E-state index in [9.17, 15) is 9.59 Å². The third-order valence-electron chi connectivity index (χ3n) is 1.39. The molecule has 1 aromatic rings. The lowest BCUT2D eigenvalue weighted by molar-refractivity contribution is -0.136. The van der Waals surface area contributed by atoms with Crippen LogP contribution in [0.25, 0.3) is 0 Å². The summed E-state index contributed by atoms with van der Waals surface area (Å²) < 4.78 is 0.0652. The van der Waals surface area contributed by atoms with Gasteiger partial charge < -0.3 is 15.8 Å². The number of aliphatic carboxylic acids is 1. The molecular formula is C6H7N3O3S. The van der Waals surface area contributed by atoms with E-state index in [4.69, 9.17) is 10.8 Å². The van der Waals surface area contributed by atoms with Gasteiger partial charge in [-0.2, -0.15) is 0 Å². The second kappa shape index (κ2) is 3.40. The Morgan fingerprint density at radius 3 is 2.69 bits per heavy atom. The van der Waals surface area contributed by atoms with Gasteiger partial charge in [-0.3, -0.25) is 14.6 Å². The maximum atomic E-state index is 11.0. The molecule has 0 radical (unpaired) electrons. The van der Waals surface area contributed by atoms with Gasteiger partial charge in [-0.15, -0.1) is 0 Å². The van der Waals surface area contributed by atoms with Crippen LogP contribution < -0.4 is 11.3 Å². The average Bonchev–Trinajstić information content (AvgIpc) is 1.98. The van der Waals surface area contributed by atoms with Gasteiger partial charge in [0, 0.05) is 0 Å². The van der Waals surface area contributed by atoms with Crippen molar-refractivity contribution in [3.8, 4) is 0 Å². The SMILES string of the molecule is Nc1c(CC(=O)O)[nH]c(=S)[nH]c1=O. The molecule has 7 heteroatoms. The average molecular weight is 201 g/mol. The molecule has 0 spiro atoms. The summed E-state index contributed by atoms with van der Waals surface area (Å²) in [5.41, 5.74) is 4.73. The van der Waals surface area contributed by atoms with E-state index >= 15 is 0 Å². The van der Waals surface area contributed by atoms with Crippen LogP contribution in [0.15, 0.2) is 4.79 Å². The fourth-order valence-corrected chi connectivity index (χ4v) is 1.05. The number of carboxylic acids is 1. The number of carboxylic acid groups (broad SMARTS) is 1. The fraction of sp³-hybridized carbons (Fsp3) is 0.167. The normalized spacial score (nSPS) is 9.85. The van der Waals surface area contributed by atoms with Crippen molar-refractivity contribution in [3.63, 3.8) is 0 Å². The van der Waals surface area contributed by atoms with Crippen LogP contribution in [0.4, 0.5) is 5.69 Å². The molecule has 0 unspecified atom stereocenters. The first kappa shape index (κ1) is 9.46. The molecule has 6 nitrogen and oxygen atoms in total. The van der Waals surface area contributed by atoms with Gasteiger partial charge in [0.05, 0.1) is 12.1 Å². The van der Waals surface area contributed by atoms with E-state index in [0.717, 1.165) is 0 Å². The van der Waals surface area contributed by atoms with E-state index in [1.807, 2.05) is 0 Å². The molecule has 0 atom stereocenters. The number of hydrogen-bond donors (Lipinski definition) is 4. The van der Waals surface area contributed by atoms with Gasteiger partial charge in [-0.25, -0.2) is 0 Å². The summed E-state index contributed by atoms with van der Waals surface area (Å²) in [6.45, 7) is 0. The van der Waals surface area contributed by atoms with Crippen LogP contribution in [0.2, 0.25) is 0 Å². The van der Waals surface area contributed by atoms with Crippen LogP contribution in [0, 0.1) is 4.77 Å². The lowest BCUT2D eigenvalue weighted by atomic mass is 10.2. The zero-order valence-electron chi connectivity index (χ0n) is 6.46. The molecule has 0 aliphatic heterocycles. The summed E-state index contributed by atoms with van der Waals surface area (Å²) >= 11 is 4.64. The maximum Gasteiger partial charge on any atom is 0.309 e. The number of nitrogen functional groups attached to an aromatic ring is 1. The summed E-state index contributed by atoms with van der Waals surface area (Å²) in [6, 6.07) is 0. The highest BCUT2D eigenvalue weighted by Crippen LogP contribution is 2.01. The van der Waals surface area contributed by atoms with E-state index in [-0.39, 0.29) is 22.6 Å². The zero-order chi connectivity index (χ0) is 10.0. The zero-order valence-corrected chi connectivity index (χ0v) is 7.27. The number of anilines is 1. The molecule has 0 saturated heterocycles. The summed E-state index contributed by atoms with van der Waals surface area (Å²) in [6.07, 6.45) is -0.348. The Balaban J connectivity index is 3.28. The van der Waals surface area contributed by atoms with E-state index < -0.39 is 11.5 Å². The highest BCUT2D eigenvalue weighted by molar-refractivity contribution is 7.71. The number of H-pyrrole nitrogens is 2. The maximum absolute atomic E-state index is 11.0. The number of hydrogen-bond acceptors (Lipinski definition) is 4. The molecule has 1 rings (SSSR count). The van der Waals surface area contributed by atoms with Crippen molar-refractivity contribution < 1.29 is 9.90 Å². The Morgan fingerprint density at radius 1 is 1.54 bits per heavy atom. The third-order valence-corrected chi connectivity index (χ3v) is 1.59. The van der Waals surface area contributed by atoms with Crippen molar-refractivity contribution in [1.29, 1.82) is 0 Å². The lowest BCUT2D eigenvalue weighted by Crippen LogP contribution is -2.18. The van der Waals surface area contributed by atoms with Gasteiger partial charge in [0.15, 0.2) is 4.77 Å². The monoisotopic (exact) mass is 201 g/mol. The number of aromatic nitrogens is 2. The number of rotatable bonds is 2. The number of nitrogens with one attached hydrogen (secondary N) is 2. The van der Waals surface area contributed by atoms with Crippen molar-refractivity contribution in [1.82, 2.24) is 9.97 Å².